The number of carbonyl (C=O) groups excluding carboxylic acids is 1. The standard InChI is InChI=1S/C23H31N3O5/c1-16-21(17(2)31-25-16)15-30-20-5-3-18(4-6-20)23(27)24-13-22(19-7-10-29-14-19)26-8-11-28-12-9-26/h3-6,19,22H,7-15H2,1-2H3,(H,24,27). The van der Waals surface area contributed by atoms with Crippen LogP contribution in [0.5, 0.6) is 5.75 Å². The molecular weight excluding hydrogens is 398 g/mol. The second-order valence-electron chi connectivity index (χ2n) is 8.17. The molecule has 3 heterocycles. The van der Waals surface area contributed by atoms with Gasteiger partial charge in [-0.25, -0.2) is 0 Å². The monoisotopic (exact) mass is 429 g/mol. The van der Waals surface area contributed by atoms with Crippen LogP contribution >= 0.6 is 0 Å². The number of carbonyl (C=O) groups is 1. The maximum atomic E-state index is 12.7. The van der Waals surface area contributed by atoms with E-state index in [-0.39, 0.29) is 11.9 Å². The third-order valence-electron chi connectivity index (χ3n) is 6.18. The summed E-state index contributed by atoms with van der Waals surface area (Å²) in [5, 5.41) is 7.06. The lowest BCUT2D eigenvalue weighted by Gasteiger charge is -2.37. The van der Waals surface area contributed by atoms with Gasteiger partial charge in [-0.1, -0.05) is 5.16 Å². The van der Waals surface area contributed by atoms with Crippen molar-refractivity contribution in [1.29, 1.82) is 0 Å². The van der Waals surface area contributed by atoms with Crippen molar-refractivity contribution in [2.24, 2.45) is 5.92 Å². The van der Waals surface area contributed by atoms with Crippen LogP contribution in [0.25, 0.3) is 0 Å². The minimum absolute atomic E-state index is 0.0746. The lowest BCUT2D eigenvalue weighted by Crippen LogP contribution is -2.52. The number of amides is 1. The third kappa shape index (κ3) is 5.44. The number of morpholine rings is 1. The highest BCUT2D eigenvalue weighted by molar-refractivity contribution is 5.94. The molecular formula is C23H31N3O5. The van der Waals surface area contributed by atoms with Crippen LogP contribution < -0.4 is 10.1 Å². The minimum Gasteiger partial charge on any atom is -0.489 e. The number of rotatable bonds is 8. The first kappa shape index (κ1) is 21.8. The molecule has 1 N–H and O–H groups in total. The van der Waals surface area contributed by atoms with Crippen LogP contribution in [0.15, 0.2) is 28.8 Å². The zero-order valence-electron chi connectivity index (χ0n) is 18.3. The summed E-state index contributed by atoms with van der Waals surface area (Å²) >= 11 is 0. The number of hydrogen-bond donors (Lipinski definition) is 1. The fourth-order valence-electron chi connectivity index (χ4n) is 4.22. The van der Waals surface area contributed by atoms with Crippen LogP contribution in [-0.4, -0.2) is 68.1 Å². The molecule has 2 saturated heterocycles. The molecule has 0 radical (unpaired) electrons. The molecule has 8 nitrogen and oxygen atoms in total. The Morgan fingerprint density at radius 3 is 2.61 bits per heavy atom. The molecule has 1 aromatic carbocycles. The maximum absolute atomic E-state index is 12.7. The van der Waals surface area contributed by atoms with Crippen molar-refractivity contribution in [3.63, 3.8) is 0 Å². The summed E-state index contributed by atoms with van der Waals surface area (Å²) in [7, 11) is 0. The van der Waals surface area contributed by atoms with Gasteiger partial charge in [0.1, 0.15) is 18.1 Å². The molecule has 0 spiro atoms. The van der Waals surface area contributed by atoms with Crippen molar-refractivity contribution in [1.82, 2.24) is 15.4 Å². The van der Waals surface area contributed by atoms with Crippen LogP contribution in [0.2, 0.25) is 0 Å². The molecule has 2 aromatic rings. The van der Waals surface area contributed by atoms with Crippen LogP contribution in [0, 0.1) is 19.8 Å². The van der Waals surface area contributed by atoms with Gasteiger partial charge in [0.15, 0.2) is 0 Å². The van der Waals surface area contributed by atoms with Gasteiger partial charge in [0.25, 0.3) is 5.91 Å². The predicted octanol–water partition coefficient (Wildman–Crippen LogP) is 2.34. The van der Waals surface area contributed by atoms with Gasteiger partial charge >= 0.3 is 0 Å². The van der Waals surface area contributed by atoms with Crippen molar-refractivity contribution in [3.05, 3.63) is 46.8 Å². The number of benzene rings is 1. The van der Waals surface area contributed by atoms with E-state index in [0.717, 1.165) is 63.0 Å². The first-order valence-corrected chi connectivity index (χ1v) is 10.9. The summed E-state index contributed by atoms with van der Waals surface area (Å²) in [5.74, 6) is 1.83. The molecule has 2 atom stereocenters. The molecule has 2 fully saturated rings. The average Bonchev–Trinajstić information content (AvgIpc) is 3.44. The Morgan fingerprint density at radius 2 is 1.97 bits per heavy atom. The van der Waals surface area contributed by atoms with Crippen molar-refractivity contribution in [3.8, 4) is 5.75 Å². The summed E-state index contributed by atoms with van der Waals surface area (Å²) in [5.41, 5.74) is 2.40. The summed E-state index contributed by atoms with van der Waals surface area (Å²) < 4.78 is 22.1. The second-order valence-corrected chi connectivity index (χ2v) is 8.17. The molecule has 8 heteroatoms. The molecule has 1 aromatic heterocycles. The first-order chi connectivity index (χ1) is 15.1. The van der Waals surface area contributed by atoms with E-state index in [1.54, 1.807) is 12.1 Å². The highest BCUT2D eigenvalue weighted by atomic mass is 16.5. The fourth-order valence-corrected chi connectivity index (χ4v) is 4.22. The van der Waals surface area contributed by atoms with E-state index in [2.05, 4.69) is 15.4 Å². The highest BCUT2D eigenvalue weighted by Gasteiger charge is 2.31. The second kappa shape index (κ2) is 10.3. The highest BCUT2D eigenvalue weighted by Crippen LogP contribution is 2.22. The Bertz CT molecular complexity index is 835. The zero-order chi connectivity index (χ0) is 21.6. The van der Waals surface area contributed by atoms with Crippen LogP contribution in [-0.2, 0) is 16.1 Å². The number of aryl methyl sites for hydroxylation is 2. The smallest absolute Gasteiger partial charge is 0.251 e. The number of ether oxygens (including phenoxy) is 3. The van der Waals surface area contributed by atoms with Crippen molar-refractivity contribution in [2.45, 2.75) is 32.9 Å². The molecule has 4 rings (SSSR count). The zero-order valence-corrected chi connectivity index (χ0v) is 18.3. The Balaban J connectivity index is 1.32. The van der Waals surface area contributed by atoms with Gasteiger partial charge in [0.2, 0.25) is 0 Å². The molecule has 31 heavy (non-hydrogen) atoms. The molecule has 2 aliphatic heterocycles. The van der Waals surface area contributed by atoms with Crippen molar-refractivity contribution in [2.75, 3.05) is 46.1 Å². The molecule has 0 aliphatic carbocycles. The summed E-state index contributed by atoms with van der Waals surface area (Å²) in [4.78, 5) is 15.2. The third-order valence-corrected chi connectivity index (χ3v) is 6.18. The van der Waals surface area contributed by atoms with Gasteiger partial charge in [0, 0.05) is 43.8 Å². The van der Waals surface area contributed by atoms with E-state index in [1.165, 1.54) is 0 Å². The average molecular weight is 430 g/mol. The molecule has 0 saturated carbocycles. The Morgan fingerprint density at radius 1 is 1.19 bits per heavy atom. The molecule has 2 aliphatic rings. The van der Waals surface area contributed by atoms with Gasteiger partial charge in [-0.3, -0.25) is 9.69 Å². The Kier molecular flexibility index (Phi) is 7.21. The van der Waals surface area contributed by atoms with Crippen molar-refractivity contribution >= 4 is 5.91 Å². The summed E-state index contributed by atoms with van der Waals surface area (Å²) in [6.45, 7) is 9.60. The van der Waals surface area contributed by atoms with Gasteiger partial charge in [-0.2, -0.15) is 0 Å². The minimum atomic E-state index is -0.0746. The van der Waals surface area contributed by atoms with Crippen molar-refractivity contribution < 1.29 is 23.5 Å². The summed E-state index contributed by atoms with van der Waals surface area (Å²) in [6, 6.07) is 7.49. The normalized spacial score (nSPS) is 20.5. The van der Waals surface area contributed by atoms with Gasteiger partial charge < -0.3 is 24.1 Å². The first-order valence-electron chi connectivity index (χ1n) is 10.9. The van der Waals surface area contributed by atoms with E-state index >= 15 is 0 Å². The van der Waals surface area contributed by atoms with E-state index in [9.17, 15) is 4.79 Å². The largest absolute Gasteiger partial charge is 0.489 e. The molecule has 168 valence electrons. The van der Waals surface area contributed by atoms with Crippen LogP contribution in [0.1, 0.15) is 33.8 Å². The van der Waals surface area contributed by atoms with Gasteiger partial charge in [0.05, 0.1) is 31.1 Å². The number of aromatic nitrogens is 1. The van der Waals surface area contributed by atoms with E-state index in [1.807, 2.05) is 26.0 Å². The number of nitrogens with one attached hydrogen (secondary N) is 1. The predicted molar refractivity (Wildman–Crippen MR) is 114 cm³/mol. The number of hydrogen-bond acceptors (Lipinski definition) is 7. The van der Waals surface area contributed by atoms with E-state index < -0.39 is 0 Å². The lowest BCUT2D eigenvalue weighted by molar-refractivity contribution is 0.00166. The van der Waals surface area contributed by atoms with Crippen LogP contribution in [0.4, 0.5) is 0 Å². The molecule has 0 bridgehead atoms. The SMILES string of the molecule is Cc1noc(C)c1COc1ccc(C(=O)NCC(C2CCOC2)N2CCOCC2)cc1. The fraction of sp³-hybridized carbons (Fsp3) is 0.565. The Labute approximate surface area is 182 Å². The van der Waals surface area contributed by atoms with Gasteiger partial charge in [-0.15, -0.1) is 0 Å². The Hall–Kier alpha value is -2.42. The van der Waals surface area contributed by atoms with Crippen LogP contribution in [0.3, 0.4) is 0 Å². The molecule has 2 unspecified atom stereocenters. The van der Waals surface area contributed by atoms with E-state index in [4.69, 9.17) is 18.7 Å². The maximum Gasteiger partial charge on any atom is 0.251 e. The molecule has 1 amide bonds. The van der Waals surface area contributed by atoms with E-state index in [0.29, 0.717) is 30.4 Å². The lowest BCUT2D eigenvalue weighted by atomic mass is 9.96. The quantitative estimate of drug-likeness (QED) is 0.689. The topological polar surface area (TPSA) is 86.1 Å². The number of nitrogens with zero attached hydrogens (tertiary/aromatic N) is 2. The summed E-state index contributed by atoms with van der Waals surface area (Å²) in [6.07, 6.45) is 1.04. The van der Waals surface area contributed by atoms with Gasteiger partial charge in [-0.05, 0) is 44.5 Å².